The molecule has 0 saturated carbocycles. The molecule has 0 aliphatic carbocycles. The predicted octanol–water partition coefficient (Wildman–Crippen LogP) is 0.323. The van der Waals surface area contributed by atoms with Gasteiger partial charge in [-0.3, -0.25) is 4.68 Å². The van der Waals surface area contributed by atoms with Crippen LogP contribution in [0.1, 0.15) is 5.69 Å². The van der Waals surface area contributed by atoms with Crippen molar-refractivity contribution in [3.63, 3.8) is 0 Å². The van der Waals surface area contributed by atoms with Crippen LogP contribution in [-0.2, 0) is 6.54 Å². The Kier molecular flexibility index (Phi) is 2.01. The number of halogens is 1. The average Bonchev–Trinajstić information content (AvgIpc) is 2.13. The monoisotopic (exact) mass is 144 g/mol. The molecule has 1 heterocycles. The van der Waals surface area contributed by atoms with Crippen molar-refractivity contribution in [1.82, 2.24) is 9.78 Å². The van der Waals surface area contributed by atoms with E-state index in [9.17, 15) is 4.39 Å². The largest absolute Gasteiger partial charge is 0.394 e. The van der Waals surface area contributed by atoms with Gasteiger partial charge in [-0.25, -0.2) is 0 Å². The van der Waals surface area contributed by atoms with Crippen molar-refractivity contribution >= 4 is 0 Å². The van der Waals surface area contributed by atoms with E-state index in [-0.39, 0.29) is 6.61 Å². The Balaban J connectivity index is 2.81. The van der Waals surface area contributed by atoms with Gasteiger partial charge in [0.05, 0.1) is 13.2 Å². The van der Waals surface area contributed by atoms with E-state index in [0.717, 1.165) is 5.69 Å². The van der Waals surface area contributed by atoms with Crippen LogP contribution in [0.5, 0.6) is 0 Å². The molecule has 10 heavy (non-hydrogen) atoms. The van der Waals surface area contributed by atoms with Crippen LogP contribution in [-0.4, -0.2) is 21.5 Å². The van der Waals surface area contributed by atoms with Crippen LogP contribution in [0.2, 0.25) is 0 Å². The topological polar surface area (TPSA) is 38.0 Å². The number of aliphatic hydroxyl groups excluding tert-OH is 1. The standard InChI is InChI=1S/C6H9FN2O/c1-5-4-6(7)8-9(5)2-3-10/h4,10H,2-3H2,1H3. The Hall–Kier alpha value is -0.900. The first-order valence-corrected chi connectivity index (χ1v) is 3.05. The second-order valence-electron chi connectivity index (χ2n) is 2.06. The first kappa shape index (κ1) is 7.21. The summed E-state index contributed by atoms with van der Waals surface area (Å²) in [6.07, 6.45) is 0. The number of hydrogen-bond donors (Lipinski definition) is 1. The van der Waals surface area contributed by atoms with Crippen molar-refractivity contribution in [2.75, 3.05) is 6.61 Å². The molecule has 0 fully saturated rings. The zero-order valence-corrected chi connectivity index (χ0v) is 5.71. The highest BCUT2D eigenvalue weighted by molar-refractivity contribution is 4.98. The number of nitrogens with zero attached hydrogens (tertiary/aromatic N) is 2. The lowest BCUT2D eigenvalue weighted by molar-refractivity contribution is 0.266. The van der Waals surface area contributed by atoms with Crippen molar-refractivity contribution < 1.29 is 9.50 Å². The molecule has 1 aromatic heterocycles. The molecule has 0 aliphatic rings. The third-order valence-electron chi connectivity index (χ3n) is 1.26. The van der Waals surface area contributed by atoms with Crippen LogP contribution in [0.3, 0.4) is 0 Å². The van der Waals surface area contributed by atoms with E-state index in [1.807, 2.05) is 0 Å². The van der Waals surface area contributed by atoms with Crippen molar-refractivity contribution in [3.05, 3.63) is 17.7 Å². The van der Waals surface area contributed by atoms with Gasteiger partial charge in [0.15, 0.2) is 0 Å². The van der Waals surface area contributed by atoms with Gasteiger partial charge in [-0.05, 0) is 6.92 Å². The van der Waals surface area contributed by atoms with Gasteiger partial charge in [-0.2, -0.15) is 4.39 Å². The Bertz CT molecular complexity index is 222. The molecule has 56 valence electrons. The van der Waals surface area contributed by atoms with Crippen molar-refractivity contribution in [1.29, 1.82) is 0 Å². The average molecular weight is 144 g/mol. The molecule has 1 N–H and O–H groups in total. The number of hydrogen-bond acceptors (Lipinski definition) is 2. The normalized spacial score (nSPS) is 10.3. The van der Waals surface area contributed by atoms with E-state index in [0.29, 0.717) is 6.54 Å². The van der Waals surface area contributed by atoms with Gasteiger partial charge in [-0.1, -0.05) is 0 Å². The molecule has 0 aliphatic heterocycles. The summed E-state index contributed by atoms with van der Waals surface area (Å²) in [5.41, 5.74) is 0.728. The lowest BCUT2D eigenvalue weighted by atomic mass is 10.5. The third kappa shape index (κ3) is 1.33. The summed E-state index contributed by atoms with van der Waals surface area (Å²) in [7, 11) is 0. The van der Waals surface area contributed by atoms with Gasteiger partial charge < -0.3 is 5.11 Å². The van der Waals surface area contributed by atoms with E-state index in [1.165, 1.54) is 10.7 Å². The number of rotatable bonds is 2. The minimum absolute atomic E-state index is 0.0119. The minimum Gasteiger partial charge on any atom is -0.394 e. The molecule has 3 nitrogen and oxygen atoms in total. The Labute approximate surface area is 58.1 Å². The maximum atomic E-state index is 12.3. The molecular formula is C6H9FN2O. The van der Waals surface area contributed by atoms with E-state index in [1.54, 1.807) is 6.92 Å². The quantitative estimate of drug-likeness (QED) is 0.649. The summed E-state index contributed by atoms with van der Waals surface area (Å²) < 4.78 is 13.7. The summed E-state index contributed by atoms with van der Waals surface area (Å²) in [4.78, 5) is 0. The smallest absolute Gasteiger partial charge is 0.232 e. The van der Waals surface area contributed by atoms with E-state index in [2.05, 4.69) is 5.10 Å². The first-order valence-electron chi connectivity index (χ1n) is 3.05. The molecule has 0 radical (unpaired) electrons. The summed E-state index contributed by atoms with van der Waals surface area (Å²) >= 11 is 0. The SMILES string of the molecule is Cc1cc(F)nn1CCO. The number of aliphatic hydroxyl groups is 1. The van der Waals surface area contributed by atoms with Gasteiger partial charge in [0.1, 0.15) is 0 Å². The van der Waals surface area contributed by atoms with Crippen molar-refractivity contribution in [2.45, 2.75) is 13.5 Å². The second-order valence-corrected chi connectivity index (χ2v) is 2.06. The van der Waals surface area contributed by atoms with E-state index >= 15 is 0 Å². The maximum absolute atomic E-state index is 12.3. The zero-order valence-electron chi connectivity index (χ0n) is 5.71. The van der Waals surface area contributed by atoms with Crippen molar-refractivity contribution in [3.8, 4) is 0 Å². The van der Waals surface area contributed by atoms with Crippen LogP contribution >= 0.6 is 0 Å². The highest BCUT2D eigenvalue weighted by atomic mass is 19.1. The first-order chi connectivity index (χ1) is 4.74. The third-order valence-corrected chi connectivity index (χ3v) is 1.26. The number of aryl methyl sites for hydroxylation is 1. The fraction of sp³-hybridized carbons (Fsp3) is 0.500. The molecule has 0 saturated heterocycles. The Morgan fingerprint density at radius 1 is 1.80 bits per heavy atom. The van der Waals surface area contributed by atoms with Crippen molar-refractivity contribution in [2.24, 2.45) is 0 Å². The highest BCUT2D eigenvalue weighted by Gasteiger charge is 2.00. The molecule has 4 heteroatoms. The molecular weight excluding hydrogens is 135 g/mol. The fourth-order valence-corrected chi connectivity index (χ4v) is 0.791. The predicted molar refractivity (Wildman–Crippen MR) is 34.0 cm³/mol. The van der Waals surface area contributed by atoms with Gasteiger partial charge in [0.25, 0.3) is 0 Å². The lowest BCUT2D eigenvalue weighted by Gasteiger charge is -1.97. The molecule has 0 atom stereocenters. The minimum atomic E-state index is -0.494. The van der Waals surface area contributed by atoms with Crippen LogP contribution in [0.15, 0.2) is 6.07 Å². The van der Waals surface area contributed by atoms with Gasteiger partial charge >= 0.3 is 0 Å². The van der Waals surface area contributed by atoms with Crippen LogP contribution < -0.4 is 0 Å². The van der Waals surface area contributed by atoms with Crippen LogP contribution in [0, 0.1) is 12.9 Å². The van der Waals surface area contributed by atoms with Crippen LogP contribution in [0.4, 0.5) is 4.39 Å². The molecule has 0 unspecified atom stereocenters. The van der Waals surface area contributed by atoms with Gasteiger partial charge in [-0.15, -0.1) is 5.10 Å². The summed E-state index contributed by atoms with van der Waals surface area (Å²) in [5, 5.41) is 12.0. The fourth-order valence-electron chi connectivity index (χ4n) is 0.791. The maximum Gasteiger partial charge on any atom is 0.232 e. The lowest BCUT2D eigenvalue weighted by Crippen LogP contribution is -2.05. The summed E-state index contributed by atoms with van der Waals surface area (Å²) in [6.45, 7) is 2.09. The molecule has 0 bridgehead atoms. The summed E-state index contributed by atoms with van der Waals surface area (Å²) in [5.74, 6) is -0.494. The molecule has 0 aromatic carbocycles. The highest BCUT2D eigenvalue weighted by Crippen LogP contribution is 1.99. The zero-order chi connectivity index (χ0) is 7.56. The second kappa shape index (κ2) is 2.79. The molecule has 0 spiro atoms. The van der Waals surface area contributed by atoms with E-state index < -0.39 is 5.95 Å². The number of aromatic nitrogens is 2. The van der Waals surface area contributed by atoms with Gasteiger partial charge in [0.2, 0.25) is 5.95 Å². The summed E-state index contributed by atoms with van der Waals surface area (Å²) in [6, 6.07) is 1.33. The Morgan fingerprint density at radius 2 is 2.50 bits per heavy atom. The molecule has 0 amide bonds. The molecule has 1 rings (SSSR count). The van der Waals surface area contributed by atoms with Gasteiger partial charge in [0, 0.05) is 11.8 Å². The van der Waals surface area contributed by atoms with E-state index in [4.69, 9.17) is 5.11 Å². The Morgan fingerprint density at radius 3 is 2.90 bits per heavy atom. The molecule has 1 aromatic rings. The van der Waals surface area contributed by atoms with Crippen LogP contribution in [0.25, 0.3) is 0 Å².